The van der Waals surface area contributed by atoms with Crippen molar-refractivity contribution in [1.82, 2.24) is 9.55 Å². The summed E-state index contributed by atoms with van der Waals surface area (Å²) < 4.78 is 2.10. The lowest BCUT2D eigenvalue weighted by atomic mass is 10.1. The van der Waals surface area contributed by atoms with E-state index in [1.807, 2.05) is 36.7 Å². The number of nitrogens with zero attached hydrogens (tertiary/aromatic N) is 2. The fourth-order valence-electron chi connectivity index (χ4n) is 2.34. The highest BCUT2D eigenvalue weighted by Gasteiger charge is 2.09. The fourth-order valence-corrected chi connectivity index (χ4v) is 3.26. The van der Waals surface area contributed by atoms with Crippen molar-refractivity contribution in [3.05, 3.63) is 78.6 Å². The molecule has 22 heavy (non-hydrogen) atoms. The number of hydrogen-bond donors (Lipinski definition) is 1. The molecular formula is C18H19N3S. The molecule has 0 radical (unpaired) electrons. The van der Waals surface area contributed by atoms with Crippen LogP contribution in [0.1, 0.15) is 5.56 Å². The summed E-state index contributed by atoms with van der Waals surface area (Å²) in [6.07, 6.45) is 4.71. The summed E-state index contributed by atoms with van der Waals surface area (Å²) in [5, 5.41) is 0.981. The second kappa shape index (κ2) is 7.29. The van der Waals surface area contributed by atoms with Crippen molar-refractivity contribution >= 4 is 11.8 Å². The van der Waals surface area contributed by atoms with Crippen molar-refractivity contribution in [2.75, 3.05) is 5.75 Å². The van der Waals surface area contributed by atoms with Crippen molar-refractivity contribution in [1.29, 1.82) is 0 Å². The fraction of sp³-hybridized carbons (Fsp3) is 0.167. The van der Waals surface area contributed by atoms with Crippen molar-refractivity contribution in [3.8, 4) is 5.69 Å². The van der Waals surface area contributed by atoms with E-state index in [2.05, 4.69) is 45.9 Å². The summed E-state index contributed by atoms with van der Waals surface area (Å²) in [7, 11) is 0. The molecule has 2 aromatic carbocycles. The Morgan fingerprint density at radius 2 is 1.68 bits per heavy atom. The van der Waals surface area contributed by atoms with Crippen LogP contribution in [-0.2, 0) is 6.42 Å². The van der Waals surface area contributed by atoms with Crippen LogP contribution in [0.3, 0.4) is 0 Å². The lowest BCUT2D eigenvalue weighted by molar-refractivity contribution is 0.745. The predicted octanol–water partition coefficient (Wildman–Crippen LogP) is 3.53. The molecule has 3 nitrogen and oxygen atoms in total. The number of aromatic nitrogens is 2. The average Bonchev–Trinajstić information content (AvgIpc) is 3.03. The first-order valence-corrected chi connectivity index (χ1v) is 8.32. The van der Waals surface area contributed by atoms with Crippen LogP contribution in [0.25, 0.3) is 5.69 Å². The smallest absolute Gasteiger partial charge is 0.172 e. The zero-order valence-corrected chi connectivity index (χ0v) is 13.1. The summed E-state index contributed by atoms with van der Waals surface area (Å²) in [5.41, 5.74) is 8.66. The molecule has 0 saturated carbocycles. The van der Waals surface area contributed by atoms with Gasteiger partial charge in [0.25, 0.3) is 0 Å². The first kappa shape index (κ1) is 14.9. The van der Waals surface area contributed by atoms with Gasteiger partial charge in [-0.1, -0.05) is 60.3 Å². The number of rotatable bonds is 6. The van der Waals surface area contributed by atoms with Crippen LogP contribution in [0.2, 0.25) is 0 Å². The number of nitrogens with two attached hydrogens (primary N) is 1. The van der Waals surface area contributed by atoms with Gasteiger partial charge < -0.3 is 5.73 Å². The Morgan fingerprint density at radius 3 is 2.41 bits per heavy atom. The maximum absolute atomic E-state index is 6.25. The van der Waals surface area contributed by atoms with E-state index < -0.39 is 0 Å². The highest BCUT2D eigenvalue weighted by Crippen LogP contribution is 2.21. The van der Waals surface area contributed by atoms with Gasteiger partial charge in [0.1, 0.15) is 0 Å². The summed E-state index contributed by atoms with van der Waals surface area (Å²) in [6, 6.07) is 20.7. The Bertz CT molecular complexity index is 695. The van der Waals surface area contributed by atoms with Gasteiger partial charge in [0, 0.05) is 29.9 Å². The molecule has 1 heterocycles. The Morgan fingerprint density at radius 1 is 1.00 bits per heavy atom. The minimum Gasteiger partial charge on any atom is -0.327 e. The Labute approximate surface area is 135 Å². The van der Waals surface area contributed by atoms with E-state index in [4.69, 9.17) is 5.73 Å². The molecule has 1 atom stereocenters. The van der Waals surface area contributed by atoms with Crippen LogP contribution in [0.15, 0.2) is 78.2 Å². The van der Waals surface area contributed by atoms with E-state index in [0.29, 0.717) is 0 Å². The third-order valence-corrected chi connectivity index (χ3v) is 4.56. The lowest BCUT2D eigenvalue weighted by Crippen LogP contribution is -2.25. The summed E-state index contributed by atoms with van der Waals surface area (Å²) in [5.74, 6) is 0.846. The van der Waals surface area contributed by atoms with Crippen LogP contribution >= 0.6 is 11.8 Å². The molecule has 0 aliphatic carbocycles. The first-order valence-electron chi connectivity index (χ1n) is 7.34. The number of thioether (sulfide) groups is 1. The van der Waals surface area contributed by atoms with Crippen molar-refractivity contribution in [2.24, 2.45) is 5.73 Å². The SMILES string of the molecule is N[C@H](CSc1nccn1-c1ccccc1)Cc1ccccc1. The highest BCUT2D eigenvalue weighted by atomic mass is 32.2. The Hall–Kier alpha value is -2.04. The van der Waals surface area contributed by atoms with Crippen LogP contribution < -0.4 is 5.73 Å². The van der Waals surface area contributed by atoms with Crippen molar-refractivity contribution < 1.29 is 0 Å². The van der Waals surface area contributed by atoms with Gasteiger partial charge in [0.2, 0.25) is 0 Å². The Kier molecular flexibility index (Phi) is 4.93. The third kappa shape index (κ3) is 3.78. The van der Waals surface area contributed by atoms with Gasteiger partial charge in [-0.15, -0.1) is 0 Å². The predicted molar refractivity (Wildman–Crippen MR) is 92.4 cm³/mol. The summed E-state index contributed by atoms with van der Waals surface area (Å²) in [6.45, 7) is 0. The Balaban J connectivity index is 1.62. The van der Waals surface area contributed by atoms with Gasteiger partial charge in [-0.3, -0.25) is 4.57 Å². The normalized spacial score (nSPS) is 12.2. The molecule has 112 valence electrons. The second-order valence-electron chi connectivity index (χ2n) is 5.18. The number of hydrogen-bond acceptors (Lipinski definition) is 3. The third-order valence-electron chi connectivity index (χ3n) is 3.41. The van der Waals surface area contributed by atoms with E-state index in [-0.39, 0.29) is 6.04 Å². The highest BCUT2D eigenvalue weighted by molar-refractivity contribution is 7.99. The summed E-state index contributed by atoms with van der Waals surface area (Å²) >= 11 is 1.70. The zero-order chi connectivity index (χ0) is 15.2. The molecule has 0 amide bonds. The van der Waals surface area contributed by atoms with E-state index in [0.717, 1.165) is 23.0 Å². The molecule has 0 aliphatic rings. The number of para-hydroxylation sites is 1. The van der Waals surface area contributed by atoms with Gasteiger partial charge >= 0.3 is 0 Å². The number of imidazole rings is 1. The molecule has 2 N–H and O–H groups in total. The standard InChI is InChI=1S/C18H19N3S/c19-16(13-15-7-3-1-4-8-15)14-22-18-20-11-12-21(18)17-9-5-2-6-10-17/h1-12,16H,13-14,19H2/t16-/m0/s1. The van der Waals surface area contributed by atoms with Gasteiger partial charge in [0.15, 0.2) is 5.16 Å². The lowest BCUT2D eigenvalue weighted by Gasteiger charge is -2.12. The largest absolute Gasteiger partial charge is 0.327 e. The zero-order valence-electron chi connectivity index (χ0n) is 12.3. The van der Waals surface area contributed by atoms with Crippen LogP contribution in [0, 0.1) is 0 Å². The van der Waals surface area contributed by atoms with Crippen molar-refractivity contribution in [2.45, 2.75) is 17.6 Å². The van der Waals surface area contributed by atoms with Gasteiger partial charge in [-0.05, 0) is 24.1 Å². The van der Waals surface area contributed by atoms with Crippen LogP contribution in [-0.4, -0.2) is 21.3 Å². The molecule has 0 unspecified atom stereocenters. The van der Waals surface area contributed by atoms with Crippen LogP contribution in [0.4, 0.5) is 0 Å². The molecule has 4 heteroatoms. The average molecular weight is 309 g/mol. The molecular weight excluding hydrogens is 290 g/mol. The molecule has 0 fully saturated rings. The molecule has 1 aromatic heterocycles. The van der Waals surface area contributed by atoms with Crippen LogP contribution in [0.5, 0.6) is 0 Å². The van der Waals surface area contributed by atoms with Gasteiger partial charge in [-0.25, -0.2) is 4.98 Å². The molecule has 0 aliphatic heterocycles. The molecule has 0 spiro atoms. The maximum Gasteiger partial charge on any atom is 0.172 e. The van der Waals surface area contributed by atoms with E-state index in [1.54, 1.807) is 11.8 Å². The topological polar surface area (TPSA) is 43.8 Å². The summed E-state index contributed by atoms with van der Waals surface area (Å²) in [4.78, 5) is 4.44. The molecule has 3 rings (SSSR count). The van der Waals surface area contributed by atoms with Gasteiger partial charge in [-0.2, -0.15) is 0 Å². The van der Waals surface area contributed by atoms with E-state index in [9.17, 15) is 0 Å². The van der Waals surface area contributed by atoms with E-state index in [1.165, 1.54) is 5.56 Å². The maximum atomic E-state index is 6.25. The van der Waals surface area contributed by atoms with Gasteiger partial charge in [0.05, 0.1) is 0 Å². The van der Waals surface area contributed by atoms with Crippen molar-refractivity contribution in [3.63, 3.8) is 0 Å². The first-order chi connectivity index (χ1) is 10.8. The minimum absolute atomic E-state index is 0.119. The quantitative estimate of drug-likeness (QED) is 0.708. The van der Waals surface area contributed by atoms with E-state index >= 15 is 0 Å². The monoisotopic (exact) mass is 309 g/mol. The molecule has 3 aromatic rings. The number of benzene rings is 2. The molecule has 0 saturated heterocycles. The minimum atomic E-state index is 0.119. The second-order valence-corrected chi connectivity index (χ2v) is 6.16. The molecule has 0 bridgehead atoms.